The fourth-order valence-electron chi connectivity index (χ4n) is 2.21. The molecular formula is C12H18ClN. The molecule has 0 aromatic heterocycles. The molecule has 1 aliphatic heterocycles. The van der Waals surface area contributed by atoms with Gasteiger partial charge in [0.2, 0.25) is 0 Å². The smallest absolute Gasteiger partial charge is 0.00173 e. The van der Waals surface area contributed by atoms with Gasteiger partial charge in [-0.3, -0.25) is 0 Å². The molecule has 0 radical (unpaired) electrons. The zero-order chi connectivity index (χ0) is 9.10. The topological polar surface area (TPSA) is 12.0 Å². The lowest BCUT2D eigenvalue weighted by atomic mass is 9.82. The summed E-state index contributed by atoms with van der Waals surface area (Å²) in [4.78, 5) is 0. The summed E-state index contributed by atoms with van der Waals surface area (Å²) in [6.07, 6.45) is 1.28. The molecule has 1 N–H and O–H groups in total. The second-order valence-corrected chi connectivity index (χ2v) is 3.99. The van der Waals surface area contributed by atoms with Crippen LogP contribution < -0.4 is 5.32 Å². The number of piperidine rings is 1. The molecule has 0 bridgehead atoms. The average Bonchev–Trinajstić information content (AvgIpc) is 2.20. The van der Waals surface area contributed by atoms with E-state index in [2.05, 4.69) is 42.6 Å². The highest BCUT2D eigenvalue weighted by Crippen LogP contribution is 2.29. The molecule has 0 saturated carbocycles. The summed E-state index contributed by atoms with van der Waals surface area (Å²) in [7, 11) is 0. The molecule has 0 amide bonds. The Morgan fingerprint density at radius 1 is 1.21 bits per heavy atom. The van der Waals surface area contributed by atoms with Gasteiger partial charge in [0, 0.05) is 0 Å². The molecule has 1 saturated heterocycles. The SMILES string of the molecule is C[C@H]1CNCC[C@@H]1c1ccccc1.Cl. The Hall–Kier alpha value is -0.530. The number of nitrogens with one attached hydrogen (secondary N) is 1. The van der Waals surface area contributed by atoms with Crippen LogP contribution >= 0.6 is 12.4 Å². The summed E-state index contributed by atoms with van der Waals surface area (Å²) in [5, 5.41) is 3.43. The lowest BCUT2D eigenvalue weighted by Gasteiger charge is -2.29. The zero-order valence-corrected chi connectivity index (χ0v) is 9.39. The van der Waals surface area contributed by atoms with E-state index in [0.29, 0.717) is 0 Å². The monoisotopic (exact) mass is 211 g/mol. The van der Waals surface area contributed by atoms with Crippen molar-refractivity contribution >= 4 is 12.4 Å². The van der Waals surface area contributed by atoms with E-state index in [9.17, 15) is 0 Å². The van der Waals surface area contributed by atoms with Crippen LogP contribution in [0, 0.1) is 5.92 Å². The third-order valence-electron chi connectivity index (χ3n) is 3.01. The molecule has 78 valence electrons. The van der Waals surface area contributed by atoms with Crippen LogP contribution in [-0.2, 0) is 0 Å². The maximum atomic E-state index is 3.43. The van der Waals surface area contributed by atoms with Crippen LogP contribution in [0.25, 0.3) is 0 Å². The number of hydrogen-bond acceptors (Lipinski definition) is 1. The van der Waals surface area contributed by atoms with Crippen molar-refractivity contribution in [2.45, 2.75) is 19.3 Å². The van der Waals surface area contributed by atoms with E-state index in [1.807, 2.05) is 0 Å². The number of hydrogen-bond donors (Lipinski definition) is 1. The minimum atomic E-state index is 0. The van der Waals surface area contributed by atoms with Gasteiger partial charge >= 0.3 is 0 Å². The fraction of sp³-hybridized carbons (Fsp3) is 0.500. The van der Waals surface area contributed by atoms with Crippen molar-refractivity contribution in [3.8, 4) is 0 Å². The molecule has 14 heavy (non-hydrogen) atoms. The quantitative estimate of drug-likeness (QED) is 0.754. The molecule has 1 fully saturated rings. The van der Waals surface area contributed by atoms with Crippen LogP contribution in [0.2, 0.25) is 0 Å². The second-order valence-electron chi connectivity index (χ2n) is 3.99. The minimum Gasteiger partial charge on any atom is -0.316 e. The van der Waals surface area contributed by atoms with Gasteiger partial charge in [0.15, 0.2) is 0 Å². The van der Waals surface area contributed by atoms with Crippen molar-refractivity contribution < 1.29 is 0 Å². The first-order chi connectivity index (χ1) is 6.38. The summed E-state index contributed by atoms with van der Waals surface area (Å²) < 4.78 is 0. The predicted molar refractivity (Wildman–Crippen MR) is 63.1 cm³/mol. The molecule has 1 heterocycles. The standard InChI is InChI=1S/C12H17N.ClH/c1-10-9-13-8-7-12(10)11-5-3-2-4-6-11;/h2-6,10,12-13H,7-9H2,1H3;1H/t10-,12-;/m0./s1. The van der Waals surface area contributed by atoms with Gasteiger partial charge in [-0.1, -0.05) is 37.3 Å². The predicted octanol–water partition coefficient (Wildman–Crippen LogP) is 2.82. The fourth-order valence-corrected chi connectivity index (χ4v) is 2.21. The minimum absolute atomic E-state index is 0. The van der Waals surface area contributed by atoms with Crippen LogP contribution in [-0.4, -0.2) is 13.1 Å². The Balaban J connectivity index is 0.000000980. The van der Waals surface area contributed by atoms with Crippen LogP contribution in [0.1, 0.15) is 24.8 Å². The Kier molecular flexibility index (Phi) is 4.43. The molecule has 1 aromatic carbocycles. The van der Waals surface area contributed by atoms with Gasteiger partial charge in [-0.2, -0.15) is 0 Å². The normalized spacial score (nSPS) is 26.6. The third kappa shape index (κ3) is 2.49. The van der Waals surface area contributed by atoms with Crippen molar-refractivity contribution in [3.63, 3.8) is 0 Å². The van der Waals surface area contributed by atoms with Crippen molar-refractivity contribution in [1.29, 1.82) is 0 Å². The molecule has 2 heteroatoms. The molecule has 2 rings (SSSR count). The van der Waals surface area contributed by atoms with E-state index in [0.717, 1.165) is 11.8 Å². The van der Waals surface area contributed by atoms with Gasteiger partial charge in [-0.15, -0.1) is 12.4 Å². The van der Waals surface area contributed by atoms with Crippen LogP contribution in [0.4, 0.5) is 0 Å². The highest BCUT2D eigenvalue weighted by molar-refractivity contribution is 5.85. The lowest BCUT2D eigenvalue weighted by molar-refractivity contribution is 0.349. The summed E-state index contributed by atoms with van der Waals surface area (Å²) in [6.45, 7) is 4.67. The van der Waals surface area contributed by atoms with Gasteiger partial charge in [-0.05, 0) is 36.9 Å². The van der Waals surface area contributed by atoms with Crippen molar-refractivity contribution in [2.75, 3.05) is 13.1 Å². The molecule has 1 aromatic rings. The second kappa shape index (κ2) is 5.38. The van der Waals surface area contributed by atoms with E-state index in [4.69, 9.17) is 0 Å². The van der Waals surface area contributed by atoms with Gasteiger partial charge in [0.25, 0.3) is 0 Å². The van der Waals surface area contributed by atoms with Crippen LogP contribution in [0.3, 0.4) is 0 Å². The van der Waals surface area contributed by atoms with Crippen LogP contribution in [0.15, 0.2) is 30.3 Å². The number of halogens is 1. The highest BCUT2D eigenvalue weighted by atomic mass is 35.5. The summed E-state index contributed by atoms with van der Waals surface area (Å²) in [5.41, 5.74) is 1.51. The van der Waals surface area contributed by atoms with Crippen LogP contribution in [0.5, 0.6) is 0 Å². The summed E-state index contributed by atoms with van der Waals surface area (Å²) in [5.74, 6) is 1.54. The summed E-state index contributed by atoms with van der Waals surface area (Å²) in [6, 6.07) is 10.9. The van der Waals surface area contributed by atoms with E-state index < -0.39 is 0 Å². The summed E-state index contributed by atoms with van der Waals surface area (Å²) >= 11 is 0. The van der Waals surface area contributed by atoms with Gasteiger partial charge < -0.3 is 5.32 Å². The molecule has 1 nitrogen and oxygen atoms in total. The average molecular weight is 212 g/mol. The van der Waals surface area contributed by atoms with E-state index in [-0.39, 0.29) is 12.4 Å². The first-order valence-corrected chi connectivity index (χ1v) is 5.13. The van der Waals surface area contributed by atoms with Gasteiger partial charge in [0.1, 0.15) is 0 Å². The first-order valence-electron chi connectivity index (χ1n) is 5.13. The Morgan fingerprint density at radius 2 is 1.93 bits per heavy atom. The highest BCUT2D eigenvalue weighted by Gasteiger charge is 2.21. The van der Waals surface area contributed by atoms with E-state index in [1.54, 1.807) is 0 Å². The number of benzene rings is 1. The molecular weight excluding hydrogens is 194 g/mol. The molecule has 1 aliphatic rings. The molecule has 0 unspecified atom stereocenters. The largest absolute Gasteiger partial charge is 0.316 e. The lowest BCUT2D eigenvalue weighted by Crippen LogP contribution is -2.33. The maximum Gasteiger partial charge on any atom is -0.00173 e. The van der Waals surface area contributed by atoms with Crippen molar-refractivity contribution in [2.24, 2.45) is 5.92 Å². The van der Waals surface area contributed by atoms with Gasteiger partial charge in [0.05, 0.1) is 0 Å². The molecule has 0 aliphatic carbocycles. The molecule has 2 atom stereocenters. The van der Waals surface area contributed by atoms with Gasteiger partial charge in [-0.25, -0.2) is 0 Å². The van der Waals surface area contributed by atoms with E-state index in [1.165, 1.54) is 25.1 Å². The number of rotatable bonds is 1. The Bertz CT molecular complexity index is 260. The molecule has 0 spiro atoms. The van der Waals surface area contributed by atoms with Crippen molar-refractivity contribution in [1.82, 2.24) is 5.32 Å². The van der Waals surface area contributed by atoms with Crippen molar-refractivity contribution in [3.05, 3.63) is 35.9 Å². The maximum absolute atomic E-state index is 3.43. The Labute approximate surface area is 92.3 Å². The third-order valence-corrected chi connectivity index (χ3v) is 3.01. The zero-order valence-electron chi connectivity index (χ0n) is 8.57. The van der Waals surface area contributed by atoms with E-state index >= 15 is 0 Å². The first kappa shape index (κ1) is 11.5. The Morgan fingerprint density at radius 3 is 2.57 bits per heavy atom.